The quantitative estimate of drug-likeness (QED) is 0.730. The van der Waals surface area contributed by atoms with Crippen LogP contribution in [-0.2, 0) is 4.79 Å². The normalized spacial score (nSPS) is 9.92. The van der Waals surface area contributed by atoms with Crippen molar-refractivity contribution < 1.29 is 9.32 Å². The average molecular weight is 168 g/mol. The van der Waals surface area contributed by atoms with Gasteiger partial charge < -0.3 is 4.52 Å². The Morgan fingerprint density at radius 2 is 2.25 bits per heavy atom. The van der Waals surface area contributed by atoms with Crippen molar-refractivity contribution in [2.45, 2.75) is 27.2 Å². The van der Waals surface area contributed by atoms with Gasteiger partial charge in [-0.25, -0.2) is 0 Å². The van der Waals surface area contributed by atoms with Crippen molar-refractivity contribution in [2.24, 2.45) is 0 Å². The second-order valence-corrected chi connectivity index (χ2v) is 2.62. The molecule has 1 N–H and O–H groups in total. The van der Waals surface area contributed by atoms with E-state index in [1.54, 1.807) is 6.92 Å². The molecule has 0 aliphatic rings. The van der Waals surface area contributed by atoms with Crippen molar-refractivity contribution >= 4 is 11.8 Å². The van der Waals surface area contributed by atoms with Gasteiger partial charge in [-0.2, -0.15) is 0 Å². The van der Waals surface area contributed by atoms with Crippen molar-refractivity contribution in [1.82, 2.24) is 5.16 Å². The van der Waals surface area contributed by atoms with Gasteiger partial charge in [-0.05, 0) is 13.8 Å². The van der Waals surface area contributed by atoms with E-state index in [9.17, 15) is 4.79 Å². The first-order chi connectivity index (χ1) is 5.65. The van der Waals surface area contributed by atoms with Crippen LogP contribution in [0.15, 0.2) is 4.52 Å². The number of hydrogen-bond acceptors (Lipinski definition) is 3. The Balaban J connectivity index is 2.76. The van der Waals surface area contributed by atoms with Gasteiger partial charge in [0.1, 0.15) is 0 Å². The fraction of sp³-hybridized carbons (Fsp3) is 0.500. The highest BCUT2D eigenvalue weighted by molar-refractivity contribution is 5.89. The van der Waals surface area contributed by atoms with Crippen LogP contribution < -0.4 is 5.32 Å². The largest absolute Gasteiger partial charge is 0.338 e. The van der Waals surface area contributed by atoms with Crippen LogP contribution in [0.25, 0.3) is 0 Å². The Morgan fingerprint density at radius 1 is 1.58 bits per heavy atom. The number of amides is 1. The lowest BCUT2D eigenvalue weighted by atomic mass is 10.3. The second-order valence-electron chi connectivity index (χ2n) is 2.62. The minimum Gasteiger partial charge on any atom is -0.338 e. The highest BCUT2D eigenvalue weighted by Gasteiger charge is 2.09. The summed E-state index contributed by atoms with van der Waals surface area (Å²) in [6.07, 6.45) is 0.444. The first-order valence-corrected chi connectivity index (χ1v) is 3.88. The lowest BCUT2D eigenvalue weighted by Crippen LogP contribution is -2.09. The molecule has 0 unspecified atom stereocenters. The number of nitrogens with zero attached hydrogens (tertiary/aromatic N) is 1. The third-order valence-electron chi connectivity index (χ3n) is 1.73. The number of nitrogens with one attached hydrogen (secondary N) is 1. The van der Waals surface area contributed by atoms with Gasteiger partial charge in [0.05, 0.1) is 5.69 Å². The Kier molecular flexibility index (Phi) is 2.47. The maximum Gasteiger partial charge on any atom is 0.234 e. The summed E-state index contributed by atoms with van der Waals surface area (Å²) in [4.78, 5) is 10.9. The Bertz CT molecular complexity index is 291. The van der Waals surface area contributed by atoms with E-state index in [-0.39, 0.29) is 5.91 Å². The van der Waals surface area contributed by atoms with Crippen LogP contribution in [0.2, 0.25) is 0 Å². The molecule has 0 saturated carbocycles. The van der Waals surface area contributed by atoms with E-state index >= 15 is 0 Å². The lowest BCUT2D eigenvalue weighted by Gasteiger charge is -1.97. The molecule has 0 saturated heterocycles. The van der Waals surface area contributed by atoms with Crippen LogP contribution in [0.5, 0.6) is 0 Å². The molecule has 0 radical (unpaired) electrons. The fourth-order valence-electron chi connectivity index (χ4n) is 0.747. The molecule has 12 heavy (non-hydrogen) atoms. The van der Waals surface area contributed by atoms with Crippen molar-refractivity contribution in [3.63, 3.8) is 0 Å². The van der Waals surface area contributed by atoms with Gasteiger partial charge in [0.2, 0.25) is 11.8 Å². The van der Waals surface area contributed by atoms with Gasteiger partial charge in [0.25, 0.3) is 0 Å². The van der Waals surface area contributed by atoms with Crippen LogP contribution in [0.1, 0.15) is 24.6 Å². The first-order valence-electron chi connectivity index (χ1n) is 3.88. The minimum absolute atomic E-state index is 0.0609. The molecule has 1 amide bonds. The molecule has 0 atom stereocenters. The number of aromatic nitrogens is 1. The van der Waals surface area contributed by atoms with E-state index in [1.165, 1.54) is 0 Å². The lowest BCUT2D eigenvalue weighted by molar-refractivity contribution is -0.116. The number of aryl methyl sites for hydroxylation is 1. The predicted octanol–water partition coefficient (Wildman–Crippen LogP) is 1.64. The van der Waals surface area contributed by atoms with Crippen molar-refractivity contribution in [1.29, 1.82) is 0 Å². The van der Waals surface area contributed by atoms with Gasteiger partial charge >= 0.3 is 0 Å². The maximum absolute atomic E-state index is 10.9. The third-order valence-corrected chi connectivity index (χ3v) is 1.73. The smallest absolute Gasteiger partial charge is 0.234 e. The molecular formula is C8H12N2O2. The summed E-state index contributed by atoms with van der Waals surface area (Å²) in [5, 5.41) is 6.33. The Labute approximate surface area is 70.9 Å². The SMILES string of the molecule is CCC(=O)Nc1onc(C)c1C. The highest BCUT2D eigenvalue weighted by atomic mass is 16.5. The molecule has 1 aromatic heterocycles. The number of hydrogen-bond donors (Lipinski definition) is 1. The van der Waals surface area contributed by atoms with Crippen LogP contribution in [0.3, 0.4) is 0 Å². The zero-order chi connectivity index (χ0) is 9.14. The summed E-state index contributed by atoms with van der Waals surface area (Å²) in [7, 11) is 0. The van der Waals surface area contributed by atoms with Crippen LogP contribution in [0.4, 0.5) is 5.88 Å². The molecule has 66 valence electrons. The molecule has 0 aliphatic heterocycles. The van der Waals surface area contributed by atoms with Crippen molar-refractivity contribution in [3.05, 3.63) is 11.3 Å². The molecule has 0 bridgehead atoms. The summed E-state index contributed by atoms with van der Waals surface area (Å²) in [5.74, 6) is 0.397. The number of carbonyl (C=O) groups excluding carboxylic acids is 1. The molecule has 1 aromatic rings. The average Bonchev–Trinajstić information content (AvgIpc) is 2.36. The van der Waals surface area contributed by atoms with E-state index in [0.717, 1.165) is 11.3 Å². The third kappa shape index (κ3) is 1.64. The summed E-state index contributed by atoms with van der Waals surface area (Å²) in [5.41, 5.74) is 1.69. The zero-order valence-corrected chi connectivity index (χ0v) is 7.47. The molecule has 1 heterocycles. The summed E-state index contributed by atoms with van der Waals surface area (Å²) >= 11 is 0. The van der Waals surface area contributed by atoms with Gasteiger partial charge in [-0.15, -0.1) is 0 Å². The van der Waals surface area contributed by atoms with E-state index in [1.807, 2.05) is 13.8 Å². The Morgan fingerprint density at radius 3 is 2.67 bits per heavy atom. The molecule has 0 aliphatic carbocycles. The van der Waals surface area contributed by atoms with Gasteiger partial charge in [0.15, 0.2) is 0 Å². The van der Waals surface area contributed by atoms with E-state index in [2.05, 4.69) is 10.5 Å². The summed E-state index contributed by atoms with van der Waals surface area (Å²) in [6, 6.07) is 0. The number of anilines is 1. The van der Waals surface area contributed by atoms with Gasteiger partial charge in [-0.1, -0.05) is 12.1 Å². The standard InChI is InChI=1S/C8H12N2O2/c1-4-7(11)9-8-5(2)6(3)10-12-8/h4H2,1-3H3,(H,9,11). The van der Waals surface area contributed by atoms with Gasteiger partial charge in [-0.3, -0.25) is 10.1 Å². The minimum atomic E-state index is -0.0609. The molecule has 0 aromatic carbocycles. The molecule has 4 nitrogen and oxygen atoms in total. The van der Waals surface area contributed by atoms with Crippen molar-refractivity contribution in [2.75, 3.05) is 5.32 Å². The fourth-order valence-corrected chi connectivity index (χ4v) is 0.747. The van der Waals surface area contributed by atoms with E-state index in [4.69, 9.17) is 4.52 Å². The maximum atomic E-state index is 10.9. The molecule has 1 rings (SSSR count). The van der Waals surface area contributed by atoms with Gasteiger partial charge in [0, 0.05) is 12.0 Å². The summed E-state index contributed by atoms with van der Waals surface area (Å²) in [6.45, 7) is 5.48. The number of rotatable bonds is 2. The number of carbonyl (C=O) groups is 1. The van der Waals surface area contributed by atoms with Crippen LogP contribution in [0, 0.1) is 13.8 Å². The molecule has 0 spiro atoms. The molecular weight excluding hydrogens is 156 g/mol. The second kappa shape index (κ2) is 3.38. The van der Waals surface area contributed by atoms with Crippen LogP contribution in [-0.4, -0.2) is 11.1 Å². The van der Waals surface area contributed by atoms with E-state index in [0.29, 0.717) is 12.3 Å². The van der Waals surface area contributed by atoms with Crippen LogP contribution >= 0.6 is 0 Å². The topological polar surface area (TPSA) is 55.1 Å². The summed E-state index contributed by atoms with van der Waals surface area (Å²) < 4.78 is 4.89. The monoisotopic (exact) mass is 168 g/mol. The van der Waals surface area contributed by atoms with Crippen molar-refractivity contribution in [3.8, 4) is 0 Å². The zero-order valence-electron chi connectivity index (χ0n) is 7.47. The molecule has 4 heteroatoms. The van der Waals surface area contributed by atoms with E-state index < -0.39 is 0 Å². The highest BCUT2D eigenvalue weighted by Crippen LogP contribution is 2.17. The Hall–Kier alpha value is -1.32. The first kappa shape index (κ1) is 8.77. The molecule has 0 fully saturated rings. The predicted molar refractivity (Wildman–Crippen MR) is 44.9 cm³/mol.